The molecule has 0 aromatic heterocycles. The first-order chi connectivity index (χ1) is 7.18. The fourth-order valence-electron chi connectivity index (χ4n) is 1.68. The molecule has 4 nitrogen and oxygen atoms in total. The highest BCUT2D eigenvalue weighted by atomic mass is 32.1. The van der Waals surface area contributed by atoms with Crippen LogP contribution in [0, 0.1) is 10.1 Å². The standard InChI is InChI=1S/C10H10N2O2S/c13-12(14)8-4-3-7-2-1-5-11-10(15)9(7)6-8/h3-4,6H,1-2,5H2,(H,11,15). The van der Waals surface area contributed by atoms with Gasteiger partial charge in [0.2, 0.25) is 0 Å². The van der Waals surface area contributed by atoms with Crippen molar-refractivity contribution in [3.63, 3.8) is 0 Å². The number of hydrogen-bond donors (Lipinski definition) is 1. The van der Waals surface area contributed by atoms with Gasteiger partial charge in [-0.25, -0.2) is 0 Å². The third-order valence-electron chi connectivity index (χ3n) is 2.46. The van der Waals surface area contributed by atoms with Gasteiger partial charge in [0.05, 0.1) is 4.92 Å². The monoisotopic (exact) mass is 222 g/mol. The highest BCUT2D eigenvalue weighted by Gasteiger charge is 2.15. The van der Waals surface area contributed by atoms with Gasteiger partial charge in [-0.05, 0) is 18.4 Å². The number of benzene rings is 1. The van der Waals surface area contributed by atoms with E-state index in [1.165, 1.54) is 6.07 Å². The molecule has 15 heavy (non-hydrogen) atoms. The van der Waals surface area contributed by atoms with Crippen LogP contribution in [0.25, 0.3) is 0 Å². The highest BCUT2D eigenvalue weighted by Crippen LogP contribution is 2.21. The number of nitro benzene ring substituents is 1. The van der Waals surface area contributed by atoms with E-state index in [1.807, 2.05) is 0 Å². The van der Waals surface area contributed by atoms with Crippen LogP contribution in [-0.4, -0.2) is 16.5 Å². The molecule has 0 aliphatic carbocycles. The van der Waals surface area contributed by atoms with Gasteiger partial charge >= 0.3 is 0 Å². The van der Waals surface area contributed by atoms with Crippen molar-refractivity contribution in [1.82, 2.24) is 5.32 Å². The normalized spacial score (nSPS) is 15.1. The molecule has 0 saturated heterocycles. The molecule has 0 unspecified atom stereocenters. The molecule has 0 radical (unpaired) electrons. The predicted octanol–water partition coefficient (Wildman–Crippen LogP) is 1.81. The van der Waals surface area contributed by atoms with Gasteiger partial charge in [0, 0.05) is 24.2 Å². The van der Waals surface area contributed by atoms with Gasteiger partial charge in [0.1, 0.15) is 4.99 Å². The lowest BCUT2D eigenvalue weighted by molar-refractivity contribution is -0.384. The fourth-order valence-corrected chi connectivity index (χ4v) is 1.98. The summed E-state index contributed by atoms with van der Waals surface area (Å²) >= 11 is 5.16. The van der Waals surface area contributed by atoms with E-state index in [9.17, 15) is 10.1 Å². The summed E-state index contributed by atoms with van der Waals surface area (Å²) in [5, 5.41) is 13.7. The fraction of sp³-hybridized carbons (Fsp3) is 0.300. The van der Waals surface area contributed by atoms with Gasteiger partial charge in [-0.2, -0.15) is 0 Å². The Morgan fingerprint density at radius 2 is 2.27 bits per heavy atom. The van der Waals surface area contributed by atoms with Gasteiger partial charge in [-0.3, -0.25) is 10.1 Å². The van der Waals surface area contributed by atoms with Crippen LogP contribution < -0.4 is 5.32 Å². The zero-order valence-electron chi connectivity index (χ0n) is 8.03. The van der Waals surface area contributed by atoms with E-state index < -0.39 is 4.92 Å². The first kappa shape index (κ1) is 10.0. The van der Waals surface area contributed by atoms with Crippen molar-refractivity contribution in [2.45, 2.75) is 12.8 Å². The molecule has 1 aliphatic rings. The van der Waals surface area contributed by atoms with E-state index in [1.54, 1.807) is 12.1 Å². The first-order valence-corrected chi connectivity index (χ1v) is 5.15. The number of fused-ring (bicyclic) bond motifs is 1. The summed E-state index contributed by atoms with van der Waals surface area (Å²) in [6.45, 7) is 0.835. The molecule has 0 amide bonds. The maximum absolute atomic E-state index is 10.6. The van der Waals surface area contributed by atoms with E-state index in [0.29, 0.717) is 4.99 Å². The molecule has 2 rings (SSSR count). The van der Waals surface area contributed by atoms with Gasteiger partial charge in [0.25, 0.3) is 5.69 Å². The molecule has 1 aromatic rings. The molecule has 1 N–H and O–H groups in total. The average Bonchev–Trinajstić information content (AvgIpc) is 2.40. The van der Waals surface area contributed by atoms with Crippen LogP contribution in [0.3, 0.4) is 0 Å². The molecular weight excluding hydrogens is 212 g/mol. The largest absolute Gasteiger partial charge is 0.376 e. The van der Waals surface area contributed by atoms with Crippen molar-refractivity contribution in [2.24, 2.45) is 0 Å². The highest BCUT2D eigenvalue weighted by molar-refractivity contribution is 7.80. The maximum atomic E-state index is 10.6. The number of non-ortho nitro benzene ring substituents is 1. The Morgan fingerprint density at radius 1 is 1.47 bits per heavy atom. The minimum Gasteiger partial charge on any atom is -0.376 e. The third kappa shape index (κ3) is 1.97. The summed E-state index contributed by atoms with van der Waals surface area (Å²) in [6.07, 6.45) is 1.92. The predicted molar refractivity (Wildman–Crippen MR) is 61.1 cm³/mol. The second kappa shape index (κ2) is 3.94. The summed E-state index contributed by atoms with van der Waals surface area (Å²) in [5.41, 5.74) is 1.99. The third-order valence-corrected chi connectivity index (χ3v) is 2.82. The number of hydrogen-bond acceptors (Lipinski definition) is 3. The Bertz CT molecular complexity index is 431. The molecule has 0 spiro atoms. The van der Waals surface area contributed by atoms with Crippen molar-refractivity contribution in [3.8, 4) is 0 Å². The van der Waals surface area contributed by atoms with Crippen LogP contribution in [0.2, 0.25) is 0 Å². The second-order valence-corrected chi connectivity index (χ2v) is 3.87. The Morgan fingerprint density at radius 3 is 3.00 bits per heavy atom. The molecule has 1 aromatic carbocycles. The van der Waals surface area contributed by atoms with E-state index in [-0.39, 0.29) is 5.69 Å². The summed E-state index contributed by atoms with van der Waals surface area (Å²) in [6, 6.07) is 4.88. The lowest BCUT2D eigenvalue weighted by Gasteiger charge is -2.05. The van der Waals surface area contributed by atoms with Crippen molar-refractivity contribution in [1.29, 1.82) is 0 Å². The Balaban J connectivity index is 2.48. The average molecular weight is 222 g/mol. The van der Waals surface area contributed by atoms with Crippen LogP contribution in [0.15, 0.2) is 18.2 Å². The molecule has 0 saturated carbocycles. The molecule has 78 valence electrons. The van der Waals surface area contributed by atoms with E-state index in [2.05, 4.69) is 5.32 Å². The minimum absolute atomic E-state index is 0.0970. The molecule has 5 heteroatoms. The lowest BCUT2D eigenvalue weighted by atomic mass is 10.0. The van der Waals surface area contributed by atoms with Crippen LogP contribution in [0.5, 0.6) is 0 Å². The Labute approximate surface area is 92.4 Å². The topological polar surface area (TPSA) is 55.2 Å². The molecule has 0 bridgehead atoms. The quantitative estimate of drug-likeness (QED) is 0.447. The SMILES string of the molecule is O=[N+]([O-])c1ccc2c(c1)C(=S)NCCC2. The lowest BCUT2D eigenvalue weighted by Crippen LogP contribution is -2.21. The van der Waals surface area contributed by atoms with E-state index in [0.717, 1.165) is 30.5 Å². The van der Waals surface area contributed by atoms with Crippen LogP contribution >= 0.6 is 12.2 Å². The molecule has 0 fully saturated rings. The summed E-state index contributed by atoms with van der Waals surface area (Å²) in [7, 11) is 0. The van der Waals surface area contributed by atoms with Crippen LogP contribution in [-0.2, 0) is 6.42 Å². The van der Waals surface area contributed by atoms with Crippen molar-refractivity contribution >= 4 is 22.9 Å². The zero-order valence-corrected chi connectivity index (χ0v) is 8.84. The summed E-state index contributed by atoms with van der Waals surface area (Å²) < 4.78 is 0. The minimum atomic E-state index is -0.395. The van der Waals surface area contributed by atoms with E-state index in [4.69, 9.17) is 12.2 Å². The number of nitrogens with zero attached hydrogens (tertiary/aromatic N) is 1. The van der Waals surface area contributed by atoms with Crippen molar-refractivity contribution in [3.05, 3.63) is 39.4 Å². The first-order valence-electron chi connectivity index (χ1n) is 4.74. The summed E-state index contributed by atoms with van der Waals surface area (Å²) in [5.74, 6) is 0. The summed E-state index contributed by atoms with van der Waals surface area (Å²) in [4.78, 5) is 10.8. The van der Waals surface area contributed by atoms with Gasteiger partial charge < -0.3 is 5.32 Å². The van der Waals surface area contributed by atoms with Gasteiger partial charge in [-0.15, -0.1) is 0 Å². The van der Waals surface area contributed by atoms with Crippen molar-refractivity contribution < 1.29 is 4.92 Å². The van der Waals surface area contributed by atoms with E-state index >= 15 is 0 Å². The van der Waals surface area contributed by atoms with Gasteiger partial charge in [0.15, 0.2) is 0 Å². The Hall–Kier alpha value is -1.49. The molecule has 0 atom stereocenters. The molecule has 1 aliphatic heterocycles. The number of aryl methyl sites for hydroxylation is 1. The van der Waals surface area contributed by atoms with Crippen molar-refractivity contribution in [2.75, 3.05) is 6.54 Å². The zero-order chi connectivity index (χ0) is 10.8. The molecule has 1 heterocycles. The van der Waals surface area contributed by atoms with Crippen LogP contribution in [0.1, 0.15) is 17.5 Å². The second-order valence-electron chi connectivity index (χ2n) is 3.46. The number of thiocarbonyl (C=S) groups is 1. The Kier molecular flexibility index (Phi) is 2.64. The smallest absolute Gasteiger partial charge is 0.270 e. The number of nitrogens with one attached hydrogen (secondary N) is 1. The molecular formula is C10H10N2O2S. The van der Waals surface area contributed by atoms with Crippen LogP contribution in [0.4, 0.5) is 5.69 Å². The number of nitro groups is 1. The number of rotatable bonds is 1. The maximum Gasteiger partial charge on any atom is 0.270 e. The van der Waals surface area contributed by atoms with Gasteiger partial charge in [-0.1, -0.05) is 18.3 Å².